The molecule has 1 aromatic heterocycles. The molecule has 3 nitrogen and oxygen atoms in total. The number of aryl methyl sites for hydroxylation is 1. The van der Waals surface area contributed by atoms with Crippen LogP contribution in [0.4, 0.5) is 5.82 Å². The first kappa shape index (κ1) is 10.7. The van der Waals surface area contributed by atoms with E-state index in [2.05, 4.69) is 11.6 Å². The molecule has 0 radical (unpaired) electrons. The summed E-state index contributed by atoms with van der Waals surface area (Å²) in [6, 6.07) is 3.92. The molecule has 76 valence electrons. The van der Waals surface area contributed by atoms with Crippen molar-refractivity contribution in [3.8, 4) is 0 Å². The summed E-state index contributed by atoms with van der Waals surface area (Å²) in [6.07, 6.45) is 3.57. The number of nitrogens with zero attached hydrogens (tertiary/aromatic N) is 2. The van der Waals surface area contributed by atoms with E-state index < -0.39 is 0 Å². The molecule has 0 aliphatic carbocycles. The van der Waals surface area contributed by atoms with Crippen LogP contribution in [0.1, 0.15) is 5.56 Å². The molecule has 0 saturated carbocycles. The number of pyridine rings is 1. The number of aromatic nitrogens is 1. The predicted octanol–water partition coefficient (Wildman–Crippen LogP) is 1.37. The van der Waals surface area contributed by atoms with Crippen molar-refractivity contribution < 1.29 is 5.11 Å². The minimum atomic E-state index is 0.129. The second kappa shape index (κ2) is 5.40. The molecule has 0 spiro atoms. The van der Waals surface area contributed by atoms with Crippen molar-refractivity contribution in [2.75, 3.05) is 24.6 Å². The van der Waals surface area contributed by atoms with Crippen LogP contribution in [0.5, 0.6) is 0 Å². The van der Waals surface area contributed by atoms with Crippen molar-refractivity contribution >= 4 is 5.82 Å². The number of hydrogen-bond donors (Lipinski definition) is 1. The average Bonchev–Trinajstić information content (AvgIpc) is 2.18. The minimum Gasteiger partial charge on any atom is -0.395 e. The van der Waals surface area contributed by atoms with Crippen molar-refractivity contribution in [2.45, 2.75) is 6.92 Å². The summed E-state index contributed by atoms with van der Waals surface area (Å²) in [7, 11) is 0. The van der Waals surface area contributed by atoms with Crippen LogP contribution in [0.25, 0.3) is 0 Å². The lowest BCUT2D eigenvalue weighted by Crippen LogP contribution is -2.28. The van der Waals surface area contributed by atoms with Crippen LogP contribution < -0.4 is 4.90 Å². The minimum absolute atomic E-state index is 0.129. The number of aliphatic hydroxyl groups is 1. The van der Waals surface area contributed by atoms with Crippen LogP contribution in [0.15, 0.2) is 31.0 Å². The zero-order valence-corrected chi connectivity index (χ0v) is 8.48. The molecule has 0 unspecified atom stereocenters. The SMILES string of the molecule is C=CCN(CCO)c1ncccc1C. The molecule has 1 aromatic rings. The summed E-state index contributed by atoms with van der Waals surface area (Å²) in [4.78, 5) is 6.29. The zero-order valence-electron chi connectivity index (χ0n) is 8.48. The van der Waals surface area contributed by atoms with E-state index in [1.807, 2.05) is 30.0 Å². The highest BCUT2D eigenvalue weighted by Gasteiger charge is 2.07. The average molecular weight is 192 g/mol. The first-order chi connectivity index (χ1) is 6.79. The van der Waals surface area contributed by atoms with Crippen LogP contribution in [0.2, 0.25) is 0 Å². The zero-order chi connectivity index (χ0) is 10.4. The van der Waals surface area contributed by atoms with Gasteiger partial charge in [0.05, 0.1) is 6.61 Å². The molecule has 0 fully saturated rings. The fourth-order valence-corrected chi connectivity index (χ4v) is 1.37. The molecule has 0 saturated heterocycles. The maximum atomic E-state index is 8.91. The molecule has 0 aliphatic rings. The Balaban J connectivity index is 2.86. The topological polar surface area (TPSA) is 36.4 Å². The molecular formula is C11H16N2O. The summed E-state index contributed by atoms with van der Waals surface area (Å²) in [5.74, 6) is 0.918. The van der Waals surface area contributed by atoms with Gasteiger partial charge >= 0.3 is 0 Å². The Morgan fingerprint density at radius 1 is 1.64 bits per heavy atom. The predicted molar refractivity (Wildman–Crippen MR) is 58.5 cm³/mol. The Morgan fingerprint density at radius 2 is 2.43 bits per heavy atom. The van der Waals surface area contributed by atoms with Gasteiger partial charge in [-0.25, -0.2) is 4.98 Å². The van der Waals surface area contributed by atoms with Crippen LogP contribution in [-0.4, -0.2) is 29.8 Å². The van der Waals surface area contributed by atoms with Gasteiger partial charge in [-0.1, -0.05) is 12.1 Å². The van der Waals surface area contributed by atoms with E-state index in [9.17, 15) is 0 Å². The van der Waals surface area contributed by atoms with E-state index in [4.69, 9.17) is 5.11 Å². The normalized spacial score (nSPS) is 9.86. The lowest BCUT2D eigenvalue weighted by atomic mass is 10.2. The van der Waals surface area contributed by atoms with Gasteiger partial charge in [-0.3, -0.25) is 0 Å². The van der Waals surface area contributed by atoms with Crippen LogP contribution in [0.3, 0.4) is 0 Å². The van der Waals surface area contributed by atoms with Gasteiger partial charge in [0, 0.05) is 19.3 Å². The summed E-state index contributed by atoms with van der Waals surface area (Å²) < 4.78 is 0. The van der Waals surface area contributed by atoms with Crippen molar-refractivity contribution in [3.63, 3.8) is 0 Å². The third-order valence-corrected chi connectivity index (χ3v) is 2.00. The molecule has 0 aromatic carbocycles. The third-order valence-electron chi connectivity index (χ3n) is 2.00. The lowest BCUT2D eigenvalue weighted by Gasteiger charge is -2.22. The summed E-state index contributed by atoms with van der Waals surface area (Å²) in [5, 5.41) is 8.91. The molecule has 14 heavy (non-hydrogen) atoms. The number of aliphatic hydroxyl groups excluding tert-OH is 1. The highest BCUT2D eigenvalue weighted by molar-refractivity contribution is 5.46. The lowest BCUT2D eigenvalue weighted by molar-refractivity contribution is 0.302. The number of rotatable bonds is 5. The molecule has 1 heterocycles. The van der Waals surface area contributed by atoms with Crippen LogP contribution in [0, 0.1) is 6.92 Å². The molecule has 0 amide bonds. The molecule has 0 bridgehead atoms. The van der Waals surface area contributed by atoms with Gasteiger partial charge in [-0.2, -0.15) is 0 Å². The number of anilines is 1. The van der Waals surface area contributed by atoms with Crippen molar-refractivity contribution in [3.05, 3.63) is 36.5 Å². The summed E-state index contributed by atoms with van der Waals surface area (Å²) >= 11 is 0. The maximum Gasteiger partial charge on any atom is 0.131 e. The first-order valence-electron chi connectivity index (χ1n) is 4.68. The van der Waals surface area contributed by atoms with Gasteiger partial charge in [-0.05, 0) is 18.6 Å². The van der Waals surface area contributed by atoms with E-state index >= 15 is 0 Å². The Kier molecular flexibility index (Phi) is 4.13. The quantitative estimate of drug-likeness (QED) is 0.716. The Labute approximate surface area is 84.7 Å². The summed E-state index contributed by atoms with van der Waals surface area (Å²) in [6.45, 7) is 7.12. The molecule has 3 heteroatoms. The van der Waals surface area contributed by atoms with Crippen molar-refractivity contribution in [2.24, 2.45) is 0 Å². The van der Waals surface area contributed by atoms with Gasteiger partial charge in [-0.15, -0.1) is 6.58 Å². The van der Waals surface area contributed by atoms with E-state index in [0.29, 0.717) is 13.1 Å². The van der Waals surface area contributed by atoms with E-state index in [0.717, 1.165) is 11.4 Å². The monoisotopic (exact) mass is 192 g/mol. The Hall–Kier alpha value is -1.35. The Morgan fingerprint density at radius 3 is 3.00 bits per heavy atom. The molecule has 1 N–H and O–H groups in total. The largest absolute Gasteiger partial charge is 0.395 e. The van der Waals surface area contributed by atoms with Crippen molar-refractivity contribution in [1.82, 2.24) is 4.98 Å². The van der Waals surface area contributed by atoms with Gasteiger partial charge in [0.25, 0.3) is 0 Å². The van der Waals surface area contributed by atoms with Crippen molar-refractivity contribution in [1.29, 1.82) is 0 Å². The van der Waals surface area contributed by atoms with Crippen LogP contribution in [-0.2, 0) is 0 Å². The molecule has 1 rings (SSSR count). The second-order valence-corrected chi connectivity index (χ2v) is 3.10. The van der Waals surface area contributed by atoms with E-state index in [1.54, 1.807) is 6.20 Å². The standard InChI is InChI=1S/C11H16N2O/c1-3-7-13(8-9-14)11-10(2)5-4-6-12-11/h3-6,14H,1,7-9H2,2H3. The van der Waals surface area contributed by atoms with Gasteiger partial charge in [0.2, 0.25) is 0 Å². The highest BCUT2D eigenvalue weighted by atomic mass is 16.3. The smallest absolute Gasteiger partial charge is 0.131 e. The van der Waals surface area contributed by atoms with E-state index in [1.165, 1.54) is 0 Å². The first-order valence-corrected chi connectivity index (χ1v) is 4.68. The Bertz CT molecular complexity index is 299. The fraction of sp³-hybridized carbons (Fsp3) is 0.364. The molecule has 0 atom stereocenters. The van der Waals surface area contributed by atoms with Gasteiger partial charge in [0.15, 0.2) is 0 Å². The highest BCUT2D eigenvalue weighted by Crippen LogP contribution is 2.14. The summed E-state index contributed by atoms with van der Waals surface area (Å²) in [5.41, 5.74) is 1.11. The molecule has 0 aliphatic heterocycles. The maximum absolute atomic E-state index is 8.91. The van der Waals surface area contributed by atoms with Gasteiger partial charge < -0.3 is 10.0 Å². The van der Waals surface area contributed by atoms with Crippen LogP contribution >= 0.6 is 0 Å². The third kappa shape index (κ3) is 2.57. The second-order valence-electron chi connectivity index (χ2n) is 3.10. The van der Waals surface area contributed by atoms with Gasteiger partial charge in [0.1, 0.15) is 5.82 Å². The number of hydrogen-bond acceptors (Lipinski definition) is 3. The molecular weight excluding hydrogens is 176 g/mol. The fourth-order valence-electron chi connectivity index (χ4n) is 1.37. The van der Waals surface area contributed by atoms with E-state index in [-0.39, 0.29) is 6.61 Å².